The van der Waals surface area contributed by atoms with E-state index in [1.807, 2.05) is 36.4 Å². The van der Waals surface area contributed by atoms with Crippen molar-refractivity contribution in [1.82, 2.24) is 0 Å². The van der Waals surface area contributed by atoms with Gasteiger partial charge in [0.2, 0.25) is 5.91 Å². The quantitative estimate of drug-likeness (QED) is 0.0647. The number of rotatable bonds is 9. The van der Waals surface area contributed by atoms with Gasteiger partial charge in [-0.1, -0.05) is 38.1 Å². The molecule has 1 aliphatic rings. The van der Waals surface area contributed by atoms with E-state index in [-0.39, 0.29) is 50.7 Å². The molecule has 0 aliphatic carbocycles. The van der Waals surface area contributed by atoms with Gasteiger partial charge in [0.1, 0.15) is 23.0 Å². The van der Waals surface area contributed by atoms with E-state index in [4.69, 9.17) is 18.9 Å². The fourth-order valence-electron chi connectivity index (χ4n) is 6.00. The van der Waals surface area contributed by atoms with E-state index in [0.29, 0.717) is 0 Å². The summed E-state index contributed by atoms with van der Waals surface area (Å²) >= 11 is 0. The van der Waals surface area contributed by atoms with E-state index in [1.54, 1.807) is 19.2 Å². The first-order valence-electron chi connectivity index (χ1n) is 16.7. The van der Waals surface area contributed by atoms with E-state index in [1.165, 1.54) is 80.6 Å². The van der Waals surface area contributed by atoms with Gasteiger partial charge in [-0.15, -0.1) is 0 Å². The van der Waals surface area contributed by atoms with E-state index >= 15 is 0 Å². The lowest BCUT2D eigenvalue weighted by Crippen LogP contribution is -2.35. The standard InChI is InChI=1S/C42H34N2O10/c1-25(45)43(30-11-19-33(20-12-30)52-26(2)46)38(47)27-6-23-36-37(24-27)40(49)44(39(36)48)31-13-21-35(22-14-31)54-41(50)53-34-17-9-29(10-18-34)42(3,4)28-7-15-32(51-5)16-8-28/h6-24H,1-5H3. The highest BCUT2D eigenvalue weighted by Crippen LogP contribution is 2.34. The number of ether oxygens (including phenoxy) is 4. The van der Waals surface area contributed by atoms with E-state index in [2.05, 4.69) is 13.8 Å². The van der Waals surface area contributed by atoms with Gasteiger partial charge >= 0.3 is 12.1 Å². The summed E-state index contributed by atoms with van der Waals surface area (Å²) in [6.45, 7) is 6.63. The molecule has 1 aliphatic heterocycles. The summed E-state index contributed by atoms with van der Waals surface area (Å²) in [5.74, 6) is -1.78. The van der Waals surface area contributed by atoms with Crippen LogP contribution in [0.25, 0.3) is 0 Å². The predicted molar refractivity (Wildman–Crippen MR) is 197 cm³/mol. The number of amides is 4. The molecule has 0 N–H and O–H groups in total. The minimum absolute atomic E-state index is 0.00568. The highest BCUT2D eigenvalue weighted by Gasteiger charge is 2.38. The molecule has 4 amide bonds. The van der Waals surface area contributed by atoms with Gasteiger partial charge in [0, 0.05) is 24.8 Å². The molecular formula is C42H34N2O10. The average Bonchev–Trinajstić information content (AvgIpc) is 3.40. The van der Waals surface area contributed by atoms with Gasteiger partial charge in [0.25, 0.3) is 17.7 Å². The summed E-state index contributed by atoms with van der Waals surface area (Å²) in [6.07, 6.45) is -0.984. The van der Waals surface area contributed by atoms with Crippen LogP contribution in [0.1, 0.15) is 69.9 Å². The minimum Gasteiger partial charge on any atom is -0.497 e. The molecule has 0 radical (unpaired) electrons. The number of carbonyl (C=O) groups excluding carboxylic acids is 6. The third kappa shape index (κ3) is 7.44. The Labute approximate surface area is 310 Å². The minimum atomic E-state index is -0.984. The van der Waals surface area contributed by atoms with Crippen LogP contribution in [0.5, 0.6) is 23.0 Å². The second kappa shape index (κ2) is 14.9. The molecule has 12 nitrogen and oxygen atoms in total. The van der Waals surface area contributed by atoms with Crippen LogP contribution >= 0.6 is 0 Å². The first-order chi connectivity index (χ1) is 25.8. The van der Waals surface area contributed by atoms with Crippen molar-refractivity contribution in [1.29, 1.82) is 0 Å². The molecule has 272 valence electrons. The second-order valence-electron chi connectivity index (χ2n) is 12.8. The molecule has 0 aromatic heterocycles. The Hall–Kier alpha value is -7.08. The van der Waals surface area contributed by atoms with Crippen LogP contribution in [0.3, 0.4) is 0 Å². The van der Waals surface area contributed by atoms with Crippen molar-refractivity contribution >= 4 is 47.1 Å². The van der Waals surface area contributed by atoms with Crippen LogP contribution in [0, 0.1) is 0 Å². The summed E-state index contributed by atoms with van der Waals surface area (Å²) in [7, 11) is 1.62. The van der Waals surface area contributed by atoms with Gasteiger partial charge in [-0.3, -0.25) is 24.0 Å². The van der Waals surface area contributed by atoms with E-state index in [0.717, 1.165) is 26.7 Å². The smallest absolute Gasteiger partial charge is 0.497 e. The summed E-state index contributed by atoms with van der Waals surface area (Å²) in [4.78, 5) is 78.6. The van der Waals surface area contributed by atoms with Crippen molar-refractivity contribution in [2.24, 2.45) is 0 Å². The highest BCUT2D eigenvalue weighted by atomic mass is 16.7. The van der Waals surface area contributed by atoms with Gasteiger partial charge in [-0.2, -0.15) is 0 Å². The van der Waals surface area contributed by atoms with Crippen LogP contribution < -0.4 is 28.7 Å². The maximum atomic E-state index is 13.5. The monoisotopic (exact) mass is 726 g/mol. The number of hydrogen-bond donors (Lipinski definition) is 0. The lowest BCUT2D eigenvalue weighted by atomic mass is 9.78. The molecule has 1 heterocycles. The number of carbonyl (C=O) groups is 6. The predicted octanol–water partition coefficient (Wildman–Crippen LogP) is 7.52. The topological polar surface area (TPSA) is 146 Å². The van der Waals surface area contributed by atoms with Crippen LogP contribution in [0.2, 0.25) is 0 Å². The first-order valence-corrected chi connectivity index (χ1v) is 16.7. The zero-order valence-electron chi connectivity index (χ0n) is 29.9. The molecule has 0 unspecified atom stereocenters. The maximum Gasteiger partial charge on any atom is 0.519 e. The Bertz CT molecular complexity index is 2280. The van der Waals surface area contributed by atoms with Crippen molar-refractivity contribution in [3.63, 3.8) is 0 Å². The van der Waals surface area contributed by atoms with Crippen molar-refractivity contribution < 1.29 is 47.7 Å². The van der Waals surface area contributed by atoms with Crippen molar-refractivity contribution in [2.75, 3.05) is 16.9 Å². The number of anilines is 2. The molecule has 5 aromatic carbocycles. The number of methoxy groups -OCH3 is 1. The van der Waals surface area contributed by atoms with Crippen LogP contribution in [-0.2, 0) is 15.0 Å². The third-order valence-electron chi connectivity index (χ3n) is 8.89. The number of fused-ring (bicyclic) bond motifs is 1. The van der Waals surface area contributed by atoms with Crippen molar-refractivity contribution in [3.05, 3.63) is 143 Å². The summed E-state index contributed by atoms with van der Waals surface area (Å²) in [5.41, 5.74) is 2.20. The Balaban J connectivity index is 1.10. The molecule has 5 aromatic rings. The Morgan fingerprint density at radius 1 is 0.593 bits per heavy atom. The lowest BCUT2D eigenvalue weighted by Gasteiger charge is -2.26. The van der Waals surface area contributed by atoms with Gasteiger partial charge in [0.15, 0.2) is 0 Å². The Morgan fingerprint density at radius 3 is 1.59 bits per heavy atom. The van der Waals surface area contributed by atoms with Gasteiger partial charge < -0.3 is 18.9 Å². The number of benzene rings is 5. The molecule has 0 spiro atoms. The van der Waals surface area contributed by atoms with E-state index in [9.17, 15) is 28.8 Å². The average molecular weight is 727 g/mol. The lowest BCUT2D eigenvalue weighted by molar-refractivity contribution is -0.131. The number of hydrogen-bond acceptors (Lipinski definition) is 10. The van der Waals surface area contributed by atoms with Crippen LogP contribution in [-0.4, -0.2) is 42.9 Å². The molecule has 12 heteroatoms. The Kier molecular flexibility index (Phi) is 10.1. The maximum absolute atomic E-state index is 13.5. The molecule has 0 saturated heterocycles. The van der Waals surface area contributed by atoms with Crippen LogP contribution in [0.4, 0.5) is 16.2 Å². The zero-order valence-corrected chi connectivity index (χ0v) is 29.9. The van der Waals surface area contributed by atoms with Crippen molar-refractivity contribution in [2.45, 2.75) is 33.1 Å². The summed E-state index contributed by atoms with van der Waals surface area (Å²) in [6, 6.07) is 30.3. The second-order valence-corrected chi connectivity index (χ2v) is 12.8. The Morgan fingerprint density at radius 2 is 1.07 bits per heavy atom. The number of imide groups is 2. The molecule has 0 atom stereocenters. The normalized spacial score (nSPS) is 12.1. The molecule has 54 heavy (non-hydrogen) atoms. The zero-order chi connectivity index (χ0) is 38.7. The largest absolute Gasteiger partial charge is 0.519 e. The highest BCUT2D eigenvalue weighted by molar-refractivity contribution is 6.35. The molecule has 0 saturated carbocycles. The van der Waals surface area contributed by atoms with Gasteiger partial charge in [-0.05, 0) is 102 Å². The van der Waals surface area contributed by atoms with E-state index < -0.39 is 35.8 Å². The number of esters is 1. The fraction of sp³-hybridized carbons (Fsp3) is 0.143. The first kappa shape index (κ1) is 36.7. The third-order valence-corrected chi connectivity index (χ3v) is 8.89. The molecule has 6 rings (SSSR count). The van der Waals surface area contributed by atoms with Gasteiger partial charge in [-0.25, -0.2) is 14.6 Å². The SMILES string of the molecule is COc1ccc(C(C)(C)c2ccc(OC(=O)Oc3ccc(N4C(=O)c5ccc(C(=O)N(C(C)=O)c6ccc(OC(C)=O)cc6)cc5C4=O)cc3)cc2)cc1. The molecule has 0 fully saturated rings. The molecule has 0 bridgehead atoms. The summed E-state index contributed by atoms with van der Waals surface area (Å²) in [5, 5.41) is 0. The fourth-order valence-corrected chi connectivity index (χ4v) is 6.00. The molecular weight excluding hydrogens is 692 g/mol. The van der Waals surface area contributed by atoms with Gasteiger partial charge in [0.05, 0.1) is 29.6 Å². The summed E-state index contributed by atoms with van der Waals surface area (Å²) < 4.78 is 21.0. The van der Waals surface area contributed by atoms with Crippen molar-refractivity contribution in [3.8, 4) is 23.0 Å². The number of nitrogens with zero attached hydrogens (tertiary/aromatic N) is 2. The van der Waals surface area contributed by atoms with Crippen LogP contribution in [0.15, 0.2) is 115 Å².